The van der Waals surface area contributed by atoms with Gasteiger partial charge in [0.2, 0.25) is 0 Å². The van der Waals surface area contributed by atoms with E-state index in [1.54, 1.807) is 19.2 Å². The van der Waals surface area contributed by atoms with Crippen molar-refractivity contribution in [1.82, 2.24) is 9.47 Å². The number of aryl methyl sites for hydroxylation is 2. The molecule has 164 valence electrons. The molecule has 1 aliphatic carbocycles. The van der Waals surface area contributed by atoms with Crippen LogP contribution in [0.4, 0.5) is 0 Å². The maximum Gasteiger partial charge on any atom is 0.178 e. The predicted octanol–water partition coefficient (Wildman–Crippen LogP) is 3.68. The normalized spacial score (nSPS) is 26.2. The second-order valence-corrected chi connectivity index (χ2v) is 11.4. The summed E-state index contributed by atoms with van der Waals surface area (Å²) in [4.78, 5) is 2.72. The lowest BCUT2D eigenvalue weighted by atomic mass is 9.69. The highest BCUT2D eigenvalue weighted by atomic mass is 32.2. The van der Waals surface area contributed by atoms with Crippen molar-refractivity contribution >= 4 is 20.7 Å². The molecule has 2 aliphatic rings. The number of sulfone groups is 1. The highest BCUT2D eigenvalue weighted by molar-refractivity contribution is 7.91. The number of rotatable bonds is 4. The summed E-state index contributed by atoms with van der Waals surface area (Å²) >= 11 is 0. The summed E-state index contributed by atoms with van der Waals surface area (Å²) in [7, 11) is 2.61. The van der Waals surface area contributed by atoms with Crippen molar-refractivity contribution in [2.75, 3.05) is 26.5 Å². The molecule has 6 heteroatoms. The van der Waals surface area contributed by atoms with Gasteiger partial charge in [0.25, 0.3) is 0 Å². The molecule has 0 saturated carbocycles. The quantitative estimate of drug-likeness (QED) is 0.624. The van der Waals surface area contributed by atoms with Gasteiger partial charge < -0.3 is 9.30 Å². The number of piperidine rings is 1. The van der Waals surface area contributed by atoms with Crippen LogP contribution in [0.1, 0.15) is 23.1 Å². The predicted molar refractivity (Wildman–Crippen MR) is 123 cm³/mol. The average Bonchev–Trinajstić information content (AvgIpc) is 3.06. The lowest BCUT2D eigenvalue weighted by molar-refractivity contribution is -0.122. The molecule has 0 radical (unpaired) electrons. The summed E-state index contributed by atoms with van der Waals surface area (Å²) in [6.45, 7) is 2.72. The van der Waals surface area contributed by atoms with Crippen molar-refractivity contribution in [3.05, 3.63) is 65.4 Å². The summed E-state index contributed by atoms with van der Waals surface area (Å²) in [6.07, 6.45) is 3.85. The van der Waals surface area contributed by atoms with Crippen molar-refractivity contribution in [3.63, 3.8) is 0 Å². The van der Waals surface area contributed by atoms with Crippen molar-refractivity contribution < 1.29 is 13.2 Å². The Labute approximate surface area is 184 Å². The van der Waals surface area contributed by atoms with Crippen LogP contribution in [0, 0.1) is 12.8 Å². The molecule has 1 saturated heterocycles. The van der Waals surface area contributed by atoms with Crippen LogP contribution in [0.25, 0.3) is 10.9 Å². The van der Waals surface area contributed by atoms with Gasteiger partial charge in [-0.05, 0) is 62.1 Å². The third kappa shape index (κ3) is 3.15. The van der Waals surface area contributed by atoms with Crippen LogP contribution < -0.4 is 0 Å². The lowest BCUT2D eigenvalue weighted by Gasteiger charge is -2.53. The van der Waals surface area contributed by atoms with Gasteiger partial charge in [0.05, 0.1) is 10.6 Å². The first-order valence-corrected chi connectivity index (χ1v) is 12.5. The number of likely N-dealkylation sites (N-methyl/N-ethyl adjacent to an activating group) is 1. The molecule has 2 aromatic carbocycles. The molecule has 0 N–H and O–H groups in total. The minimum Gasteiger partial charge on any atom is -0.372 e. The number of aromatic nitrogens is 1. The van der Waals surface area contributed by atoms with E-state index in [1.807, 2.05) is 19.1 Å². The van der Waals surface area contributed by atoms with Gasteiger partial charge in [-0.1, -0.05) is 29.8 Å². The smallest absolute Gasteiger partial charge is 0.178 e. The Kier molecular flexibility index (Phi) is 4.81. The van der Waals surface area contributed by atoms with E-state index >= 15 is 0 Å². The maximum absolute atomic E-state index is 13.2. The van der Waals surface area contributed by atoms with Gasteiger partial charge in [-0.2, -0.15) is 0 Å². The van der Waals surface area contributed by atoms with Gasteiger partial charge in [-0.25, -0.2) is 8.42 Å². The van der Waals surface area contributed by atoms with E-state index in [1.165, 1.54) is 22.0 Å². The van der Waals surface area contributed by atoms with Crippen LogP contribution >= 0.6 is 0 Å². The standard InChI is InChI=1S/C25H30N2O3S/c1-17-8-10-20(11-9-17)31(28,29)16-18-13-25(30-4)21-6-5-7-22-24(21)19(15-26(22)2)12-23(25)27(3)14-18/h5-11,15,18,23H,12-14,16H2,1-4H3/t18?,23-,25+/m1/s1. The number of benzene rings is 2. The molecule has 1 aromatic heterocycles. The number of hydrogen-bond donors (Lipinski definition) is 0. The van der Waals surface area contributed by atoms with Gasteiger partial charge in [-0.15, -0.1) is 0 Å². The summed E-state index contributed by atoms with van der Waals surface area (Å²) in [5.74, 6) is 0.128. The minimum absolute atomic E-state index is 0.00646. The number of likely N-dealkylation sites (tertiary alicyclic amines) is 1. The first kappa shape index (κ1) is 20.7. The fourth-order valence-corrected chi connectivity index (χ4v) is 7.57. The zero-order valence-electron chi connectivity index (χ0n) is 18.6. The highest BCUT2D eigenvalue weighted by Crippen LogP contribution is 2.50. The van der Waals surface area contributed by atoms with Crippen molar-refractivity contribution in [2.45, 2.75) is 36.3 Å². The van der Waals surface area contributed by atoms with E-state index in [-0.39, 0.29) is 17.7 Å². The van der Waals surface area contributed by atoms with E-state index < -0.39 is 15.4 Å². The van der Waals surface area contributed by atoms with Crippen LogP contribution in [0.2, 0.25) is 0 Å². The van der Waals surface area contributed by atoms with Crippen LogP contribution in [-0.4, -0.2) is 50.4 Å². The van der Waals surface area contributed by atoms with Crippen LogP contribution in [-0.2, 0) is 33.6 Å². The van der Waals surface area contributed by atoms with Crippen LogP contribution in [0.15, 0.2) is 53.6 Å². The van der Waals surface area contributed by atoms with Gasteiger partial charge >= 0.3 is 0 Å². The summed E-state index contributed by atoms with van der Waals surface area (Å²) in [6, 6.07) is 13.8. The molecule has 0 spiro atoms. The maximum atomic E-state index is 13.2. The second-order valence-electron chi connectivity index (χ2n) is 9.38. The molecular formula is C25H30N2O3S. The molecule has 5 nitrogen and oxygen atoms in total. The van der Waals surface area contributed by atoms with E-state index in [9.17, 15) is 8.42 Å². The van der Waals surface area contributed by atoms with Gasteiger partial charge in [0.1, 0.15) is 5.60 Å². The van der Waals surface area contributed by atoms with E-state index in [4.69, 9.17) is 4.74 Å². The van der Waals surface area contributed by atoms with Crippen LogP contribution in [0.5, 0.6) is 0 Å². The van der Waals surface area contributed by atoms with Crippen molar-refractivity contribution in [3.8, 4) is 0 Å². The van der Waals surface area contributed by atoms with E-state index in [0.29, 0.717) is 11.3 Å². The number of fused-ring (bicyclic) bond motifs is 2. The second kappa shape index (κ2) is 7.19. The summed E-state index contributed by atoms with van der Waals surface area (Å²) in [5.41, 5.74) is 4.31. The topological polar surface area (TPSA) is 51.5 Å². The third-order valence-electron chi connectivity index (χ3n) is 7.37. The van der Waals surface area contributed by atoms with E-state index in [0.717, 1.165) is 18.5 Å². The molecule has 1 unspecified atom stereocenters. The number of methoxy groups -OCH3 is 1. The molecule has 0 bridgehead atoms. The Morgan fingerprint density at radius 2 is 1.87 bits per heavy atom. The van der Waals surface area contributed by atoms with Crippen molar-refractivity contribution in [2.24, 2.45) is 13.0 Å². The molecule has 5 rings (SSSR count). The number of hydrogen-bond acceptors (Lipinski definition) is 4. The monoisotopic (exact) mass is 438 g/mol. The SMILES string of the molecule is CO[C@]12CC(CS(=O)(=O)c3ccc(C)cc3)CN(C)[C@@H]1Cc1cn(C)c3cccc2c13. The van der Waals surface area contributed by atoms with Gasteiger partial charge in [0.15, 0.2) is 9.84 Å². The van der Waals surface area contributed by atoms with Gasteiger partial charge in [-0.3, -0.25) is 4.90 Å². The first-order valence-electron chi connectivity index (χ1n) is 10.9. The molecule has 1 fully saturated rings. The largest absolute Gasteiger partial charge is 0.372 e. The number of nitrogens with zero attached hydrogens (tertiary/aromatic N) is 2. The fourth-order valence-electron chi connectivity index (χ4n) is 5.98. The average molecular weight is 439 g/mol. The molecule has 3 atom stereocenters. The summed E-state index contributed by atoms with van der Waals surface area (Å²) in [5, 5.41) is 1.28. The van der Waals surface area contributed by atoms with Gasteiger partial charge in [0, 0.05) is 43.8 Å². The first-order chi connectivity index (χ1) is 14.7. The molecule has 2 heterocycles. The highest BCUT2D eigenvalue weighted by Gasteiger charge is 2.52. The van der Waals surface area contributed by atoms with E-state index in [2.05, 4.69) is 48.0 Å². The fraction of sp³-hybridized carbons (Fsp3) is 0.440. The lowest BCUT2D eigenvalue weighted by Crippen LogP contribution is -2.60. The molecular weight excluding hydrogens is 408 g/mol. The Morgan fingerprint density at radius 1 is 1.13 bits per heavy atom. The summed E-state index contributed by atoms with van der Waals surface area (Å²) < 4.78 is 34.9. The van der Waals surface area contributed by atoms with Crippen molar-refractivity contribution in [1.29, 1.82) is 0 Å². The zero-order chi connectivity index (χ0) is 22.0. The molecule has 1 aliphatic heterocycles. The van der Waals surface area contributed by atoms with Crippen LogP contribution in [0.3, 0.4) is 0 Å². The molecule has 31 heavy (non-hydrogen) atoms. The Hall–Kier alpha value is -2.15. The Morgan fingerprint density at radius 3 is 2.58 bits per heavy atom. The number of ether oxygens (including phenoxy) is 1. The minimum atomic E-state index is -3.37. The Balaban J connectivity index is 1.55. The molecule has 0 amide bonds. The zero-order valence-corrected chi connectivity index (χ0v) is 19.4. The Bertz CT molecular complexity index is 1250. The third-order valence-corrected chi connectivity index (χ3v) is 9.27. The molecule has 3 aromatic rings.